The highest BCUT2D eigenvalue weighted by molar-refractivity contribution is 6.15. The number of nitrogens with one attached hydrogen (secondary N) is 1. The molecule has 2 aliphatic heterocycles. The van der Waals surface area contributed by atoms with E-state index >= 15 is 0 Å². The Morgan fingerprint density at radius 1 is 1.22 bits per heavy atom. The first-order valence-corrected chi connectivity index (χ1v) is 7.14. The van der Waals surface area contributed by atoms with Crippen molar-refractivity contribution < 1.29 is 24.6 Å². The summed E-state index contributed by atoms with van der Waals surface area (Å²) in [6.45, 7) is 0.489. The van der Waals surface area contributed by atoms with Gasteiger partial charge < -0.3 is 20.4 Å². The molecule has 1 aromatic rings. The average Bonchev–Trinajstić information content (AvgIpc) is 2.85. The molecule has 3 N–H and O–H groups in total. The normalized spacial score (nSPS) is 19.4. The maximum Gasteiger partial charge on any atom is 0.407 e. The number of carbonyl (C=O) groups is 3. The quantitative estimate of drug-likeness (QED) is 0.744. The Morgan fingerprint density at radius 3 is 2.52 bits per heavy atom. The molecule has 8 nitrogen and oxygen atoms in total. The van der Waals surface area contributed by atoms with Crippen LogP contribution in [0, 0.1) is 0 Å². The first kappa shape index (κ1) is 15.0. The van der Waals surface area contributed by atoms with E-state index in [2.05, 4.69) is 10.3 Å². The highest BCUT2D eigenvalue weighted by Gasteiger charge is 2.46. The molecule has 0 atom stereocenters. The second-order valence-electron chi connectivity index (χ2n) is 5.60. The van der Waals surface area contributed by atoms with Crippen molar-refractivity contribution in [3.63, 3.8) is 0 Å². The van der Waals surface area contributed by atoms with E-state index in [4.69, 9.17) is 10.2 Å². The highest BCUT2D eigenvalue weighted by Crippen LogP contribution is 2.31. The molecule has 0 aliphatic carbocycles. The van der Waals surface area contributed by atoms with Crippen LogP contribution >= 0.6 is 0 Å². The monoisotopic (exact) mass is 317 g/mol. The van der Waals surface area contributed by atoms with Crippen LogP contribution in [0.3, 0.4) is 0 Å². The smallest absolute Gasteiger partial charge is 0.407 e. The maximum atomic E-state index is 12.3. The Labute approximate surface area is 131 Å². The van der Waals surface area contributed by atoms with Gasteiger partial charge in [-0.3, -0.25) is 9.79 Å². The largest absolute Gasteiger partial charge is 0.478 e. The summed E-state index contributed by atoms with van der Waals surface area (Å²) in [6.07, 6.45) is -0.378. The predicted octanol–water partition coefficient (Wildman–Crippen LogP) is 0.774. The summed E-state index contributed by atoms with van der Waals surface area (Å²) in [5.41, 5.74) is -0.322. The van der Waals surface area contributed by atoms with Crippen molar-refractivity contribution in [1.82, 2.24) is 10.2 Å². The number of piperidine rings is 1. The third-order valence-corrected chi connectivity index (χ3v) is 4.22. The van der Waals surface area contributed by atoms with Crippen LogP contribution in [0.15, 0.2) is 29.3 Å². The van der Waals surface area contributed by atoms with E-state index in [9.17, 15) is 14.4 Å². The van der Waals surface area contributed by atoms with Crippen LogP contribution in [0.2, 0.25) is 0 Å². The van der Waals surface area contributed by atoms with E-state index < -0.39 is 17.6 Å². The Bertz CT molecular complexity index is 720. The van der Waals surface area contributed by atoms with Gasteiger partial charge in [0.25, 0.3) is 5.91 Å². The van der Waals surface area contributed by atoms with Crippen molar-refractivity contribution in [1.29, 1.82) is 0 Å². The van der Waals surface area contributed by atoms with Crippen LogP contribution in [0.25, 0.3) is 0 Å². The van der Waals surface area contributed by atoms with E-state index in [1.54, 1.807) is 12.1 Å². The lowest BCUT2D eigenvalue weighted by Crippen LogP contribution is -2.50. The maximum absolute atomic E-state index is 12.3. The summed E-state index contributed by atoms with van der Waals surface area (Å²) >= 11 is 0. The van der Waals surface area contributed by atoms with Gasteiger partial charge in [-0.15, -0.1) is 0 Å². The van der Waals surface area contributed by atoms with Gasteiger partial charge in [0.1, 0.15) is 11.4 Å². The Kier molecular flexibility index (Phi) is 3.51. The Morgan fingerprint density at radius 2 is 1.91 bits per heavy atom. The van der Waals surface area contributed by atoms with Crippen LogP contribution in [0.5, 0.6) is 0 Å². The first-order chi connectivity index (χ1) is 10.9. The van der Waals surface area contributed by atoms with Crippen molar-refractivity contribution in [3.05, 3.63) is 35.4 Å². The van der Waals surface area contributed by atoms with E-state index in [0.717, 1.165) is 0 Å². The SMILES string of the molecule is O=C(O)c1cccc(C2=NC3(CCN(C(=O)O)CC3)C(=O)N2)c1. The van der Waals surface area contributed by atoms with Gasteiger partial charge in [-0.1, -0.05) is 12.1 Å². The summed E-state index contributed by atoms with van der Waals surface area (Å²) in [6, 6.07) is 6.18. The van der Waals surface area contributed by atoms with Crippen molar-refractivity contribution in [2.75, 3.05) is 13.1 Å². The first-order valence-electron chi connectivity index (χ1n) is 7.14. The molecule has 1 spiro atoms. The number of aromatic carboxylic acids is 1. The topological polar surface area (TPSA) is 119 Å². The zero-order chi connectivity index (χ0) is 16.6. The third-order valence-electron chi connectivity index (χ3n) is 4.22. The molecule has 0 radical (unpaired) electrons. The van der Waals surface area contributed by atoms with E-state index in [0.29, 0.717) is 24.2 Å². The molecular formula is C15H15N3O5. The zero-order valence-electron chi connectivity index (χ0n) is 12.2. The molecule has 0 bridgehead atoms. The van der Waals surface area contributed by atoms with E-state index in [1.807, 2.05) is 0 Å². The van der Waals surface area contributed by atoms with Gasteiger partial charge in [0, 0.05) is 18.7 Å². The van der Waals surface area contributed by atoms with Gasteiger partial charge in [-0.25, -0.2) is 9.59 Å². The van der Waals surface area contributed by atoms with Gasteiger partial charge >= 0.3 is 12.1 Å². The molecule has 0 saturated carbocycles. The number of aliphatic imine (C=N–C) groups is 1. The van der Waals surface area contributed by atoms with Gasteiger partial charge in [0.05, 0.1) is 5.56 Å². The van der Waals surface area contributed by atoms with Crippen LogP contribution in [0.4, 0.5) is 4.79 Å². The summed E-state index contributed by atoms with van der Waals surface area (Å²) in [5, 5.41) is 20.7. The molecule has 2 aliphatic rings. The molecule has 0 aromatic heterocycles. The fourth-order valence-corrected chi connectivity index (χ4v) is 2.86. The minimum atomic E-state index is -1.05. The average molecular weight is 317 g/mol. The van der Waals surface area contributed by atoms with Gasteiger partial charge in [0.15, 0.2) is 0 Å². The van der Waals surface area contributed by atoms with Gasteiger partial charge in [-0.2, -0.15) is 0 Å². The fourth-order valence-electron chi connectivity index (χ4n) is 2.86. The number of amides is 2. The molecule has 120 valence electrons. The van der Waals surface area contributed by atoms with Crippen LogP contribution < -0.4 is 5.32 Å². The number of rotatable bonds is 2. The molecule has 2 heterocycles. The molecule has 3 rings (SSSR count). The predicted molar refractivity (Wildman–Crippen MR) is 79.6 cm³/mol. The summed E-state index contributed by atoms with van der Waals surface area (Å²) in [7, 11) is 0. The minimum Gasteiger partial charge on any atom is -0.478 e. The summed E-state index contributed by atoms with van der Waals surface area (Å²) < 4.78 is 0. The lowest BCUT2D eigenvalue weighted by atomic mass is 9.88. The summed E-state index contributed by atoms with van der Waals surface area (Å²) in [5.74, 6) is -0.985. The van der Waals surface area contributed by atoms with Gasteiger partial charge in [0.2, 0.25) is 0 Å². The van der Waals surface area contributed by atoms with Gasteiger partial charge in [-0.05, 0) is 25.0 Å². The molecule has 1 saturated heterocycles. The second-order valence-corrected chi connectivity index (χ2v) is 5.60. The standard InChI is InChI=1S/C15H15N3O5/c19-12(20)10-3-1-2-9(8-10)11-16-13(21)15(17-11)4-6-18(7-5-15)14(22)23/h1-3,8H,4-7H2,(H,19,20)(H,22,23)(H,16,17,21). The lowest BCUT2D eigenvalue weighted by molar-refractivity contribution is -0.125. The number of carbonyl (C=O) groups excluding carboxylic acids is 1. The Balaban J connectivity index is 1.86. The van der Waals surface area contributed by atoms with Crippen LogP contribution in [-0.4, -0.2) is 57.5 Å². The number of carboxylic acids is 1. The minimum absolute atomic E-state index is 0.112. The van der Waals surface area contributed by atoms with Crippen molar-refractivity contribution in [2.24, 2.45) is 4.99 Å². The van der Waals surface area contributed by atoms with Crippen LogP contribution in [0.1, 0.15) is 28.8 Å². The molecule has 0 unspecified atom stereocenters. The number of hydrogen-bond acceptors (Lipinski definition) is 4. The molecule has 2 amide bonds. The van der Waals surface area contributed by atoms with Crippen molar-refractivity contribution >= 4 is 23.8 Å². The number of likely N-dealkylation sites (tertiary alicyclic amines) is 1. The molecule has 1 aromatic carbocycles. The number of benzene rings is 1. The van der Waals surface area contributed by atoms with E-state index in [1.165, 1.54) is 17.0 Å². The molecule has 8 heteroatoms. The lowest BCUT2D eigenvalue weighted by Gasteiger charge is -2.33. The molecular weight excluding hydrogens is 302 g/mol. The Hall–Kier alpha value is -2.90. The van der Waals surface area contributed by atoms with Crippen molar-refractivity contribution in [2.45, 2.75) is 18.4 Å². The molecule has 23 heavy (non-hydrogen) atoms. The highest BCUT2D eigenvalue weighted by atomic mass is 16.4. The number of nitrogens with zero attached hydrogens (tertiary/aromatic N) is 2. The number of amidine groups is 1. The van der Waals surface area contributed by atoms with Crippen LogP contribution in [-0.2, 0) is 4.79 Å². The fraction of sp³-hybridized carbons (Fsp3) is 0.333. The van der Waals surface area contributed by atoms with E-state index in [-0.39, 0.29) is 24.6 Å². The summed E-state index contributed by atoms with van der Waals surface area (Å²) in [4.78, 5) is 40.1. The number of carboxylic acid groups (broad SMARTS) is 2. The third kappa shape index (κ3) is 2.63. The number of hydrogen-bond donors (Lipinski definition) is 3. The second kappa shape index (κ2) is 5.38. The molecule has 1 fully saturated rings. The zero-order valence-corrected chi connectivity index (χ0v) is 12.2. The van der Waals surface area contributed by atoms with Crippen molar-refractivity contribution in [3.8, 4) is 0 Å².